The molecule has 2 nitrogen and oxygen atoms in total. The maximum absolute atomic E-state index is 10.3. The molecule has 0 saturated heterocycles. The molecule has 1 aromatic carbocycles. The third kappa shape index (κ3) is 4.96. The fourth-order valence-corrected chi connectivity index (χ4v) is 2.61. The molecule has 0 bridgehead atoms. The monoisotopic (exact) mass is 263 g/mol. The summed E-state index contributed by atoms with van der Waals surface area (Å²) in [6.45, 7) is 12.8. The molecule has 1 rings (SSSR count). The number of aryl methyl sites for hydroxylation is 2. The first-order chi connectivity index (χ1) is 8.97. The Morgan fingerprint density at radius 3 is 2.16 bits per heavy atom. The summed E-state index contributed by atoms with van der Waals surface area (Å²) in [6, 6.07) is 6.93. The summed E-state index contributed by atoms with van der Waals surface area (Å²) in [4.78, 5) is 2.44. The van der Waals surface area contributed by atoms with E-state index in [1.54, 1.807) is 0 Å². The molecule has 2 heteroatoms. The molecule has 0 aliphatic rings. The Balaban J connectivity index is 2.61. The minimum atomic E-state index is -0.350. The first-order valence-corrected chi connectivity index (χ1v) is 7.48. The fourth-order valence-electron chi connectivity index (χ4n) is 2.61. The van der Waals surface area contributed by atoms with Crippen LogP contribution in [-0.2, 0) is 0 Å². The van der Waals surface area contributed by atoms with Crippen molar-refractivity contribution >= 4 is 0 Å². The maximum atomic E-state index is 10.3. The Morgan fingerprint density at radius 2 is 1.68 bits per heavy atom. The van der Waals surface area contributed by atoms with Gasteiger partial charge >= 0.3 is 0 Å². The predicted octanol–water partition coefficient (Wildman–Crippen LogP) is 3.85. The zero-order valence-electron chi connectivity index (χ0n) is 13.1. The van der Waals surface area contributed by atoms with Crippen molar-refractivity contribution in [1.29, 1.82) is 0 Å². The largest absolute Gasteiger partial charge is 0.388 e. The van der Waals surface area contributed by atoms with Crippen molar-refractivity contribution in [3.05, 3.63) is 34.9 Å². The van der Waals surface area contributed by atoms with Gasteiger partial charge in [-0.1, -0.05) is 43.2 Å². The molecule has 19 heavy (non-hydrogen) atoms. The van der Waals surface area contributed by atoms with Gasteiger partial charge < -0.3 is 10.0 Å². The molecule has 1 N–H and O–H groups in total. The SMILES string of the molecule is CCC(C)N(CC)CCC(O)c1cc(C)cc(C)c1. The summed E-state index contributed by atoms with van der Waals surface area (Å²) in [5.74, 6) is 0. The highest BCUT2D eigenvalue weighted by Crippen LogP contribution is 2.20. The quantitative estimate of drug-likeness (QED) is 0.807. The van der Waals surface area contributed by atoms with Crippen LogP contribution in [0.15, 0.2) is 18.2 Å². The third-order valence-corrected chi connectivity index (χ3v) is 3.94. The van der Waals surface area contributed by atoms with E-state index in [0.29, 0.717) is 6.04 Å². The highest BCUT2D eigenvalue weighted by molar-refractivity contribution is 5.29. The van der Waals surface area contributed by atoms with Crippen LogP contribution in [0, 0.1) is 13.8 Å². The van der Waals surface area contributed by atoms with Gasteiger partial charge in [-0.05, 0) is 45.7 Å². The van der Waals surface area contributed by atoms with Gasteiger partial charge in [0.05, 0.1) is 6.10 Å². The Labute approximate surface area is 118 Å². The Morgan fingerprint density at radius 1 is 1.11 bits per heavy atom. The van der Waals surface area contributed by atoms with E-state index in [1.807, 2.05) is 0 Å². The number of rotatable bonds is 7. The first kappa shape index (κ1) is 16.2. The van der Waals surface area contributed by atoms with Crippen LogP contribution in [0.25, 0.3) is 0 Å². The van der Waals surface area contributed by atoms with Gasteiger partial charge in [0.15, 0.2) is 0 Å². The van der Waals surface area contributed by atoms with Crippen LogP contribution in [0.4, 0.5) is 0 Å². The van der Waals surface area contributed by atoms with Crippen molar-refractivity contribution < 1.29 is 5.11 Å². The van der Waals surface area contributed by atoms with Crippen molar-refractivity contribution in [2.45, 2.75) is 59.6 Å². The van der Waals surface area contributed by atoms with Crippen LogP contribution in [0.3, 0.4) is 0 Å². The first-order valence-electron chi connectivity index (χ1n) is 7.48. The molecule has 0 aliphatic heterocycles. The van der Waals surface area contributed by atoms with Crippen LogP contribution in [0.2, 0.25) is 0 Å². The molecule has 2 unspecified atom stereocenters. The molecule has 0 fully saturated rings. The fraction of sp³-hybridized carbons (Fsp3) is 0.647. The van der Waals surface area contributed by atoms with E-state index in [2.05, 4.69) is 57.7 Å². The Kier molecular flexibility index (Phi) is 6.53. The van der Waals surface area contributed by atoms with Gasteiger partial charge in [0, 0.05) is 12.6 Å². The van der Waals surface area contributed by atoms with Crippen molar-refractivity contribution in [3.8, 4) is 0 Å². The topological polar surface area (TPSA) is 23.5 Å². The summed E-state index contributed by atoms with van der Waals surface area (Å²) in [5, 5.41) is 10.3. The second kappa shape index (κ2) is 7.66. The van der Waals surface area contributed by atoms with E-state index in [4.69, 9.17) is 0 Å². The predicted molar refractivity (Wildman–Crippen MR) is 82.5 cm³/mol. The van der Waals surface area contributed by atoms with Crippen molar-refractivity contribution in [2.75, 3.05) is 13.1 Å². The molecule has 0 saturated carbocycles. The summed E-state index contributed by atoms with van der Waals surface area (Å²) >= 11 is 0. The number of hydrogen-bond donors (Lipinski definition) is 1. The van der Waals surface area contributed by atoms with E-state index in [1.165, 1.54) is 11.1 Å². The summed E-state index contributed by atoms with van der Waals surface area (Å²) < 4.78 is 0. The standard InChI is InChI=1S/C17H29NO/c1-6-15(5)18(7-2)9-8-17(19)16-11-13(3)10-14(4)12-16/h10-12,15,17,19H,6-9H2,1-5H3. The summed E-state index contributed by atoms with van der Waals surface area (Å²) in [6.07, 6.45) is 1.62. The average molecular weight is 263 g/mol. The molecule has 0 heterocycles. The van der Waals surface area contributed by atoms with Crippen LogP contribution >= 0.6 is 0 Å². The number of benzene rings is 1. The van der Waals surface area contributed by atoms with E-state index >= 15 is 0 Å². The van der Waals surface area contributed by atoms with E-state index in [9.17, 15) is 5.11 Å². The van der Waals surface area contributed by atoms with Crippen molar-refractivity contribution in [2.24, 2.45) is 0 Å². The van der Waals surface area contributed by atoms with Gasteiger partial charge in [-0.15, -0.1) is 0 Å². The molecule has 2 atom stereocenters. The Hall–Kier alpha value is -0.860. The lowest BCUT2D eigenvalue weighted by Gasteiger charge is -2.28. The van der Waals surface area contributed by atoms with Gasteiger partial charge in [-0.2, -0.15) is 0 Å². The summed E-state index contributed by atoms with van der Waals surface area (Å²) in [7, 11) is 0. The van der Waals surface area contributed by atoms with Gasteiger partial charge in [0.1, 0.15) is 0 Å². The highest BCUT2D eigenvalue weighted by atomic mass is 16.3. The number of nitrogens with zero attached hydrogens (tertiary/aromatic N) is 1. The second-order valence-corrected chi connectivity index (χ2v) is 5.61. The van der Waals surface area contributed by atoms with Crippen molar-refractivity contribution in [3.63, 3.8) is 0 Å². The molecular weight excluding hydrogens is 234 g/mol. The number of hydrogen-bond acceptors (Lipinski definition) is 2. The lowest BCUT2D eigenvalue weighted by molar-refractivity contribution is 0.128. The van der Waals surface area contributed by atoms with Crippen LogP contribution in [0.5, 0.6) is 0 Å². The smallest absolute Gasteiger partial charge is 0.0802 e. The van der Waals surface area contributed by atoms with Crippen molar-refractivity contribution in [1.82, 2.24) is 4.90 Å². The second-order valence-electron chi connectivity index (χ2n) is 5.61. The van der Waals surface area contributed by atoms with Gasteiger partial charge in [0.2, 0.25) is 0 Å². The molecule has 0 spiro atoms. The zero-order chi connectivity index (χ0) is 14.4. The maximum Gasteiger partial charge on any atom is 0.0802 e. The van der Waals surface area contributed by atoms with Gasteiger partial charge in [-0.25, -0.2) is 0 Å². The van der Waals surface area contributed by atoms with E-state index in [0.717, 1.165) is 31.5 Å². The number of aliphatic hydroxyl groups is 1. The zero-order valence-corrected chi connectivity index (χ0v) is 13.1. The molecular formula is C17H29NO. The molecule has 0 amide bonds. The summed E-state index contributed by atoms with van der Waals surface area (Å²) in [5.41, 5.74) is 3.50. The third-order valence-electron chi connectivity index (χ3n) is 3.94. The minimum Gasteiger partial charge on any atom is -0.388 e. The van der Waals surface area contributed by atoms with Crippen LogP contribution < -0.4 is 0 Å². The van der Waals surface area contributed by atoms with Crippen LogP contribution in [0.1, 0.15) is 56.4 Å². The Bertz CT molecular complexity index is 369. The molecule has 1 aromatic rings. The average Bonchev–Trinajstić information content (AvgIpc) is 2.37. The van der Waals surface area contributed by atoms with E-state index < -0.39 is 0 Å². The molecule has 0 radical (unpaired) electrons. The van der Waals surface area contributed by atoms with Gasteiger partial charge in [-0.3, -0.25) is 0 Å². The molecule has 0 aliphatic carbocycles. The highest BCUT2D eigenvalue weighted by Gasteiger charge is 2.14. The normalized spacial score (nSPS) is 14.7. The number of aliphatic hydroxyl groups excluding tert-OH is 1. The van der Waals surface area contributed by atoms with E-state index in [-0.39, 0.29) is 6.10 Å². The molecule has 108 valence electrons. The minimum absolute atomic E-state index is 0.350. The lowest BCUT2D eigenvalue weighted by atomic mass is 10.0. The van der Waals surface area contributed by atoms with Crippen LogP contribution in [-0.4, -0.2) is 29.1 Å². The lowest BCUT2D eigenvalue weighted by Crippen LogP contribution is -2.34. The van der Waals surface area contributed by atoms with Gasteiger partial charge in [0.25, 0.3) is 0 Å². The molecule has 0 aromatic heterocycles.